The molecule has 7 heteroatoms. The minimum absolute atomic E-state index is 0.135. The second kappa shape index (κ2) is 9.33. The molecule has 0 saturated heterocycles. The minimum atomic E-state index is -1.41. The summed E-state index contributed by atoms with van der Waals surface area (Å²) < 4.78 is 4.82. The molecule has 21 heavy (non-hydrogen) atoms. The number of carbonyl (C=O) groups is 3. The van der Waals surface area contributed by atoms with Gasteiger partial charge in [-0.15, -0.1) is 0 Å². The fourth-order valence-electron chi connectivity index (χ4n) is 1.60. The smallest absolute Gasteiger partial charge is 0.334 e. The highest BCUT2D eigenvalue weighted by molar-refractivity contribution is 5.75. The highest BCUT2D eigenvalue weighted by atomic mass is 16.5. The molecule has 0 fully saturated rings. The number of aliphatic hydroxyl groups excluding tert-OH is 1. The van der Waals surface area contributed by atoms with Crippen molar-refractivity contribution in [1.29, 1.82) is 0 Å². The molecule has 0 heterocycles. The van der Waals surface area contributed by atoms with Crippen LogP contribution >= 0.6 is 0 Å². The summed E-state index contributed by atoms with van der Waals surface area (Å²) in [6.07, 6.45) is 0.673. The van der Waals surface area contributed by atoms with Gasteiger partial charge in [0.15, 0.2) is 6.10 Å². The predicted molar refractivity (Wildman–Crippen MR) is 73.7 cm³/mol. The van der Waals surface area contributed by atoms with Crippen LogP contribution in [-0.4, -0.2) is 45.9 Å². The van der Waals surface area contributed by atoms with Gasteiger partial charge in [0.05, 0.1) is 12.0 Å². The number of aliphatic hydroxyl groups is 1. The quantitative estimate of drug-likeness (QED) is 0.390. The number of hydrogen-bond acceptors (Lipinski definition) is 5. The number of unbranched alkanes of at least 4 members (excludes halogenated alkanes) is 2. The third-order valence-electron chi connectivity index (χ3n) is 3.17. The summed E-state index contributed by atoms with van der Waals surface area (Å²) in [5, 5.41) is 26.7. The van der Waals surface area contributed by atoms with Crippen molar-refractivity contribution in [3.8, 4) is 0 Å². The third-order valence-corrected chi connectivity index (χ3v) is 3.17. The number of aliphatic carboxylic acids is 2. The zero-order valence-corrected chi connectivity index (χ0v) is 12.5. The van der Waals surface area contributed by atoms with E-state index in [4.69, 9.17) is 14.9 Å². The van der Waals surface area contributed by atoms with Gasteiger partial charge in [0.1, 0.15) is 0 Å². The maximum atomic E-state index is 11.3. The van der Waals surface area contributed by atoms with Gasteiger partial charge in [-0.25, -0.2) is 4.79 Å². The molecule has 0 aliphatic carbocycles. The largest absolute Gasteiger partial charge is 0.481 e. The van der Waals surface area contributed by atoms with E-state index >= 15 is 0 Å². The highest BCUT2D eigenvalue weighted by Gasteiger charge is 2.26. The van der Waals surface area contributed by atoms with Crippen molar-refractivity contribution < 1.29 is 34.4 Å². The number of carboxylic acid groups (broad SMARTS) is 2. The van der Waals surface area contributed by atoms with Crippen LogP contribution in [0.1, 0.15) is 52.4 Å². The number of carboxylic acids is 2. The van der Waals surface area contributed by atoms with Crippen LogP contribution in [0.25, 0.3) is 0 Å². The molecule has 0 amide bonds. The van der Waals surface area contributed by atoms with Gasteiger partial charge >= 0.3 is 17.9 Å². The van der Waals surface area contributed by atoms with E-state index in [1.165, 1.54) is 0 Å². The SMILES string of the molecule is CC(C)(CCCCCOC(=O)C(O)CCC(=O)O)C(=O)O. The molecular formula is C14H24O7. The Morgan fingerprint density at radius 1 is 1.10 bits per heavy atom. The summed E-state index contributed by atoms with van der Waals surface area (Å²) in [6, 6.07) is 0. The second-order valence-corrected chi connectivity index (χ2v) is 5.62. The number of ether oxygens (including phenoxy) is 1. The standard InChI is InChI=1S/C14H24O7/c1-14(2,13(19)20)8-4-3-5-9-21-12(18)10(15)6-7-11(16)17/h10,15H,3-9H2,1-2H3,(H,16,17)(H,19,20). The van der Waals surface area contributed by atoms with E-state index in [1.54, 1.807) is 13.8 Å². The van der Waals surface area contributed by atoms with E-state index in [1.807, 2.05) is 0 Å². The van der Waals surface area contributed by atoms with Crippen molar-refractivity contribution in [1.82, 2.24) is 0 Å². The zero-order valence-electron chi connectivity index (χ0n) is 12.5. The lowest BCUT2D eigenvalue weighted by atomic mass is 9.87. The molecule has 1 unspecified atom stereocenters. The number of hydrogen-bond donors (Lipinski definition) is 3. The fraction of sp³-hybridized carbons (Fsp3) is 0.786. The molecule has 0 aliphatic rings. The van der Waals surface area contributed by atoms with E-state index in [0.717, 1.165) is 6.42 Å². The molecule has 122 valence electrons. The summed E-state index contributed by atoms with van der Waals surface area (Å²) >= 11 is 0. The molecule has 0 radical (unpaired) electrons. The predicted octanol–water partition coefficient (Wildman–Crippen LogP) is 1.43. The van der Waals surface area contributed by atoms with Crippen LogP contribution in [0.15, 0.2) is 0 Å². The van der Waals surface area contributed by atoms with Crippen molar-refractivity contribution >= 4 is 17.9 Å². The summed E-state index contributed by atoms with van der Waals surface area (Å²) in [7, 11) is 0. The van der Waals surface area contributed by atoms with Crippen LogP contribution in [0, 0.1) is 5.41 Å². The first-order valence-electron chi connectivity index (χ1n) is 6.96. The van der Waals surface area contributed by atoms with Crippen molar-refractivity contribution in [2.24, 2.45) is 5.41 Å². The zero-order chi connectivity index (χ0) is 16.5. The molecule has 0 bridgehead atoms. The summed E-state index contributed by atoms with van der Waals surface area (Å²) in [5.41, 5.74) is -0.760. The Bertz CT molecular complexity index is 362. The van der Waals surface area contributed by atoms with Gasteiger partial charge in [-0.2, -0.15) is 0 Å². The molecule has 7 nitrogen and oxygen atoms in total. The maximum absolute atomic E-state index is 11.3. The normalized spacial score (nSPS) is 12.7. The Kier molecular flexibility index (Phi) is 8.61. The van der Waals surface area contributed by atoms with Gasteiger partial charge in [0.2, 0.25) is 0 Å². The van der Waals surface area contributed by atoms with Crippen LogP contribution in [0.3, 0.4) is 0 Å². The van der Waals surface area contributed by atoms with Crippen LogP contribution in [-0.2, 0) is 19.1 Å². The van der Waals surface area contributed by atoms with Crippen LogP contribution in [0.5, 0.6) is 0 Å². The Morgan fingerprint density at radius 2 is 1.71 bits per heavy atom. The average molecular weight is 304 g/mol. The van der Waals surface area contributed by atoms with E-state index in [-0.39, 0.29) is 19.4 Å². The number of carbonyl (C=O) groups excluding carboxylic acids is 1. The Balaban J connectivity index is 3.69. The van der Waals surface area contributed by atoms with Gasteiger partial charge in [0, 0.05) is 6.42 Å². The average Bonchev–Trinajstić information content (AvgIpc) is 2.39. The fourth-order valence-corrected chi connectivity index (χ4v) is 1.60. The lowest BCUT2D eigenvalue weighted by Gasteiger charge is -2.18. The third kappa shape index (κ3) is 9.01. The monoisotopic (exact) mass is 304 g/mol. The van der Waals surface area contributed by atoms with Crippen molar-refractivity contribution in [3.05, 3.63) is 0 Å². The summed E-state index contributed by atoms with van der Waals surface area (Å²) in [5.74, 6) is -2.74. The molecular weight excluding hydrogens is 280 g/mol. The van der Waals surface area contributed by atoms with Gasteiger partial charge in [-0.1, -0.05) is 12.8 Å². The van der Waals surface area contributed by atoms with E-state index < -0.39 is 29.4 Å². The highest BCUT2D eigenvalue weighted by Crippen LogP contribution is 2.23. The maximum Gasteiger partial charge on any atom is 0.334 e. The Labute approximate surface area is 123 Å². The molecule has 0 aromatic carbocycles. The molecule has 0 aliphatic heterocycles. The first-order valence-corrected chi connectivity index (χ1v) is 6.96. The molecule has 0 spiro atoms. The van der Waals surface area contributed by atoms with Crippen molar-refractivity contribution in [2.75, 3.05) is 6.61 Å². The van der Waals surface area contributed by atoms with Gasteiger partial charge in [-0.3, -0.25) is 9.59 Å². The molecule has 1 atom stereocenters. The van der Waals surface area contributed by atoms with Crippen LogP contribution in [0.2, 0.25) is 0 Å². The second-order valence-electron chi connectivity index (χ2n) is 5.62. The summed E-state index contributed by atoms with van der Waals surface area (Å²) in [4.78, 5) is 32.5. The van der Waals surface area contributed by atoms with Crippen LogP contribution in [0.4, 0.5) is 0 Å². The minimum Gasteiger partial charge on any atom is -0.481 e. The Morgan fingerprint density at radius 3 is 2.24 bits per heavy atom. The first-order chi connectivity index (χ1) is 9.66. The van der Waals surface area contributed by atoms with E-state index in [9.17, 15) is 19.5 Å². The van der Waals surface area contributed by atoms with E-state index in [2.05, 4.69) is 0 Å². The number of esters is 1. The van der Waals surface area contributed by atoms with Crippen LogP contribution < -0.4 is 0 Å². The number of rotatable bonds is 11. The molecule has 0 saturated carbocycles. The van der Waals surface area contributed by atoms with Gasteiger partial charge < -0.3 is 20.1 Å². The molecule has 0 rings (SSSR count). The Hall–Kier alpha value is -1.63. The van der Waals surface area contributed by atoms with Crippen molar-refractivity contribution in [3.63, 3.8) is 0 Å². The lowest BCUT2D eigenvalue weighted by Crippen LogP contribution is -2.24. The van der Waals surface area contributed by atoms with Crippen molar-refractivity contribution in [2.45, 2.75) is 58.5 Å². The van der Waals surface area contributed by atoms with Gasteiger partial charge in [0.25, 0.3) is 0 Å². The van der Waals surface area contributed by atoms with E-state index in [0.29, 0.717) is 19.3 Å². The molecule has 0 aromatic heterocycles. The molecule has 0 aromatic rings. The lowest BCUT2D eigenvalue weighted by molar-refractivity contribution is -0.154. The van der Waals surface area contributed by atoms with Gasteiger partial charge in [-0.05, 0) is 33.1 Å². The molecule has 3 N–H and O–H groups in total. The first kappa shape index (κ1) is 19.4. The summed E-state index contributed by atoms with van der Waals surface area (Å²) in [6.45, 7) is 3.46. The topological polar surface area (TPSA) is 121 Å².